The van der Waals surface area contributed by atoms with Crippen LogP contribution in [0.4, 0.5) is 0 Å². The van der Waals surface area contributed by atoms with Gasteiger partial charge < -0.3 is 9.47 Å². The summed E-state index contributed by atoms with van der Waals surface area (Å²) in [6.45, 7) is 5.26. The SMILES string of the molecule is CCCOc1ccc(CCl)c(OCc2cncc(C)c2)c1. The number of ether oxygens (including phenoxy) is 2. The fraction of sp³-hybridized carbons (Fsp3) is 0.353. The maximum atomic E-state index is 5.96. The third-order valence-corrected chi connectivity index (χ3v) is 3.27. The van der Waals surface area contributed by atoms with E-state index in [0.29, 0.717) is 19.1 Å². The van der Waals surface area contributed by atoms with Gasteiger partial charge in [0.2, 0.25) is 0 Å². The number of pyridine rings is 1. The monoisotopic (exact) mass is 305 g/mol. The highest BCUT2D eigenvalue weighted by molar-refractivity contribution is 6.17. The Morgan fingerprint density at radius 1 is 1.14 bits per heavy atom. The van der Waals surface area contributed by atoms with Gasteiger partial charge in [-0.1, -0.05) is 13.0 Å². The van der Waals surface area contributed by atoms with Gasteiger partial charge in [0, 0.05) is 29.6 Å². The van der Waals surface area contributed by atoms with Crippen LogP contribution in [0, 0.1) is 6.92 Å². The molecule has 2 aromatic rings. The number of rotatable bonds is 7. The van der Waals surface area contributed by atoms with Gasteiger partial charge in [-0.15, -0.1) is 11.6 Å². The normalized spacial score (nSPS) is 10.4. The van der Waals surface area contributed by atoms with Crippen molar-refractivity contribution in [3.63, 3.8) is 0 Å². The molecular weight excluding hydrogens is 286 g/mol. The number of alkyl halides is 1. The van der Waals surface area contributed by atoms with Crippen LogP contribution in [0.1, 0.15) is 30.0 Å². The molecule has 1 aromatic heterocycles. The molecule has 0 aliphatic rings. The first-order valence-electron chi connectivity index (χ1n) is 7.08. The number of aryl methyl sites for hydroxylation is 1. The first kappa shape index (κ1) is 15.6. The molecule has 2 rings (SSSR count). The molecule has 0 bridgehead atoms. The van der Waals surface area contributed by atoms with Crippen LogP contribution < -0.4 is 9.47 Å². The first-order valence-corrected chi connectivity index (χ1v) is 7.61. The molecule has 0 aliphatic heterocycles. The fourth-order valence-electron chi connectivity index (χ4n) is 1.95. The smallest absolute Gasteiger partial charge is 0.127 e. The van der Waals surface area contributed by atoms with Crippen molar-refractivity contribution >= 4 is 11.6 Å². The molecule has 1 heterocycles. The fourth-order valence-corrected chi connectivity index (χ4v) is 2.17. The van der Waals surface area contributed by atoms with E-state index in [0.717, 1.165) is 34.6 Å². The minimum atomic E-state index is 0.412. The van der Waals surface area contributed by atoms with E-state index in [1.54, 1.807) is 0 Å². The second-order valence-electron chi connectivity index (χ2n) is 4.91. The maximum absolute atomic E-state index is 5.96. The van der Waals surface area contributed by atoms with E-state index in [2.05, 4.69) is 18.0 Å². The number of aromatic nitrogens is 1. The third kappa shape index (κ3) is 4.64. The van der Waals surface area contributed by atoms with Crippen LogP contribution in [0.2, 0.25) is 0 Å². The highest BCUT2D eigenvalue weighted by atomic mass is 35.5. The van der Waals surface area contributed by atoms with E-state index in [9.17, 15) is 0 Å². The van der Waals surface area contributed by atoms with Crippen LogP contribution >= 0.6 is 11.6 Å². The highest BCUT2D eigenvalue weighted by Crippen LogP contribution is 2.27. The standard InChI is InChI=1S/C17H20ClNO2/c1-3-6-20-16-5-4-15(9-18)17(8-16)21-12-14-7-13(2)10-19-11-14/h4-5,7-8,10-11H,3,6,9,12H2,1-2H3. The van der Waals surface area contributed by atoms with Crippen LogP contribution in [0.25, 0.3) is 0 Å². The molecule has 1 aromatic carbocycles. The molecule has 3 nitrogen and oxygen atoms in total. The number of nitrogens with zero attached hydrogens (tertiary/aromatic N) is 1. The molecule has 21 heavy (non-hydrogen) atoms. The summed E-state index contributed by atoms with van der Waals surface area (Å²) in [4.78, 5) is 4.17. The van der Waals surface area contributed by atoms with Crippen molar-refractivity contribution in [3.8, 4) is 11.5 Å². The van der Waals surface area contributed by atoms with Crippen molar-refractivity contribution in [3.05, 3.63) is 53.3 Å². The van der Waals surface area contributed by atoms with E-state index >= 15 is 0 Å². The van der Waals surface area contributed by atoms with Crippen molar-refractivity contribution < 1.29 is 9.47 Å². The summed E-state index contributed by atoms with van der Waals surface area (Å²) in [6, 6.07) is 7.83. The van der Waals surface area contributed by atoms with Crippen molar-refractivity contribution in [2.75, 3.05) is 6.61 Å². The first-order chi connectivity index (χ1) is 10.2. The zero-order chi connectivity index (χ0) is 15.1. The predicted octanol–water partition coefficient (Wildman–Crippen LogP) is 4.50. The van der Waals surface area contributed by atoms with Gasteiger partial charge in [-0.25, -0.2) is 0 Å². The van der Waals surface area contributed by atoms with Crippen LogP contribution in [-0.4, -0.2) is 11.6 Å². The van der Waals surface area contributed by atoms with Gasteiger partial charge in [0.1, 0.15) is 18.1 Å². The predicted molar refractivity (Wildman–Crippen MR) is 85.1 cm³/mol. The summed E-state index contributed by atoms with van der Waals surface area (Å²) in [7, 11) is 0. The Morgan fingerprint density at radius 3 is 2.71 bits per heavy atom. The Hall–Kier alpha value is -1.74. The average Bonchev–Trinajstić information content (AvgIpc) is 2.51. The van der Waals surface area contributed by atoms with Gasteiger partial charge in [-0.3, -0.25) is 4.98 Å². The molecule has 0 fully saturated rings. The molecule has 0 spiro atoms. The summed E-state index contributed by atoms with van der Waals surface area (Å²) < 4.78 is 11.5. The van der Waals surface area contributed by atoms with Crippen LogP contribution in [0.15, 0.2) is 36.7 Å². The molecular formula is C17H20ClNO2. The molecule has 112 valence electrons. The zero-order valence-corrected chi connectivity index (χ0v) is 13.2. The highest BCUT2D eigenvalue weighted by Gasteiger charge is 2.06. The average molecular weight is 306 g/mol. The molecule has 0 atom stereocenters. The Labute approximate surface area is 130 Å². The summed E-state index contributed by atoms with van der Waals surface area (Å²) in [5.41, 5.74) is 3.12. The molecule has 4 heteroatoms. The largest absolute Gasteiger partial charge is 0.493 e. The summed E-state index contributed by atoms with van der Waals surface area (Å²) in [5, 5.41) is 0. The molecule has 0 N–H and O–H groups in total. The summed E-state index contributed by atoms with van der Waals surface area (Å²) in [6.07, 6.45) is 4.61. The topological polar surface area (TPSA) is 31.4 Å². The number of hydrogen-bond donors (Lipinski definition) is 0. The van der Waals surface area contributed by atoms with E-state index in [1.807, 2.05) is 37.5 Å². The van der Waals surface area contributed by atoms with Crippen LogP contribution in [-0.2, 0) is 12.5 Å². The lowest BCUT2D eigenvalue weighted by Gasteiger charge is -2.12. The van der Waals surface area contributed by atoms with Gasteiger partial charge in [-0.05, 0) is 31.0 Å². The van der Waals surface area contributed by atoms with E-state index < -0.39 is 0 Å². The van der Waals surface area contributed by atoms with Crippen LogP contribution in [0.3, 0.4) is 0 Å². The van der Waals surface area contributed by atoms with Crippen LogP contribution in [0.5, 0.6) is 11.5 Å². The van der Waals surface area contributed by atoms with Crippen molar-refractivity contribution in [2.24, 2.45) is 0 Å². The molecule has 0 aliphatic carbocycles. The molecule has 0 saturated heterocycles. The second kappa shape index (κ2) is 7.89. The Morgan fingerprint density at radius 2 is 2.00 bits per heavy atom. The zero-order valence-electron chi connectivity index (χ0n) is 12.4. The van der Waals surface area contributed by atoms with Gasteiger partial charge in [-0.2, -0.15) is 0 Å². The maximum Gasteiger partial charge on any atom is 0.127 e. The van der Waals surface area contributed by atoms with Crippen molar-refractivity contribution in [1.29, 1.82) is 0 Å². The molecule has 0 unspecified atom stereocenters. The Balaban J connectivity index is 2.09. The van der Waals surface area contributed by atoms with Gasteiger partial charge in [0.25, 0.3) is 0 Å². The summed E-state index contributed by atoms with van der Waals surface area (Å²) in [5.74, 6) is 1.98. The lowest BCUT2D eigenvalue weighted by atomic mass is 10.2. The van der Waals surface area contributed by atoms with Crippen molar-refractivity contribution in [1.82, 2.24) is 4.98 Å². The summed E-state index contributed by atoms with van der Waals surface area (Å²) >= 11 is 5.96. The molecule has 0 saturated carbocycles. The number of hydrogen-bond acceptors (Lipinski definition) is 3. The Kier molecular flexibility index (Phi) is 5.88. The van der Waals surface area contributed by atoms with E-state index in [4.69, 9.17) is 21.1 Å². The number of benzene rings is 1. The molecule has 0 amide bonds. The van der Waals surface area contributed by atoms with Gasteiger partial charge in [0.05, 0.1) is 12.5 Å². The lowest BCUT2D eigenvalue weighted by molar-refractivity contribution is 0.292. The van der Waals surface area contributed by atoms with Gasteiger partial charge in [0.15, 0.2) is 0 Å². The third-order valence-electron chi connectivity index (χ3n) is 2.98. The van der Waals surface area contributed by atoms with E-state index in [1.165, 1.54) is 0 Å². The van der Waals surface area contributed by atoms with Crippen molar-refractivity contribution in [2.45, 2.75) is 32.8 Å². The molecule has 0 radical (unpaired) electrons. The quantitative estimate of drug-likeness (QED) is 0.706. The van der Waals surface area contributed by atoms with E-state index in [-0.39, 0.29) is 0 Å². The Bertz CT molecular complexity index is 587. The lowest BCUT2D eigenvalue weighted by Crippen LogP contribution is -2.01. The van der Waals surface area contributed by atoms with Gasteiger partial charge >= 0.3 is 0 Å². The second-order valence-corrected chi connectivity index (χ2v) is 5.18. The minimum absolute atomic E-state index is 0.412. The minimum Gasteiger partial charge on any atom is -0.493 e. The number of halogens is 1.